The summed E-state index contributed by atoms with van der Waals surface area (Å²) in [5.41, 5.74) is 6.81. The Hall–Kier alpha value is -2.14. The van der Waals surface area contributed by atoms with E-state index < -0.39 is 5.91 Å². The Morgan fingerprint density at radius 2 is 1.90 bits per heavy atom. The van der Waals surface area contributed by atoms with Crippen LogP contribution in [0.1, 0.15) is 5.56 Å². The lowest BCUT2D eigenvalue weighted by atomic mass is 10.2. The van der Waals surface area contributed by atoms with Gasteiger partial charge in [-0.15, -0.1) is 0 Å². The summed E-state index contributed by atoms with van der Waals surface area (Å²) < 4.78 is 6.12. The highest BCUT2D eigenvalue weighted by molar-refractivity contribution is 9.10. The van der Waals surface area contributed by atoms with Gasteiger partial charge in [0.25, 0.3) is 5.91 Å². The zero-order valence-corrected chi connectivity index (χ0v) is 12.2. The summed E-state index contributed by atoms with van der Waals surface area (Å²) in [5, 5.41) is 0. The molecular weight excluding hydrogens is 320 g/mol. The number of amides is 1. The number of nitrogens with two attached hydrogens (primary N) is 1. The minimum absolute atomic E-state index is 0.121. The van der Waals surface area contributed by atoms with Crippen molar-refractivity contribution >= 4 is 33.7 Å². The number of hydrogen-bond donors (Lipinski definition) is 1. The van der Waals surface area contributed by atoms with Crippen molar-refractivity contribution in [3.8, 4) is 5.75 Å². The smallest absolute Gasteiger partial charge is 0.255 e. The van der Waals surface area contributed by atoms with Crippen molar-refractivity contribution in [2.45, 2.75) is 0 Å². The molecule has 102 valence electrons. The molecule has 0 saturated heterocycles. The fourth-order valence-corrected chi connectivity index (χ4v) is 1.89. The van der Waals surface area contributed by atoms with Crippen molar-refractivity contribution in [2.24, 2.45) is 10.7 Å². The number of rotatable bonds is 5. The predicted molar refractivity (Wildman–Crippen MR) is 82.5 cm³/mol. The number of hydrogen-bond acceptors (Lipinski definition) is 3. The van der Waals surface area contributed by atoms with Gasteiger partial charge in [0.05, 0.1) is 5.69 Å². The molecule has 0 aliphatic carbocycles. The second-order valence-corrected chi connectivity index (χ2v) is 4.89. The summed E-state index contributed by atoms with van der Waals surface area (Å²) in [6.07, 6.45) is 1.76. The Kier molecular flexibility index (Phi) is 4.90. The first-order valence-corrected chi connectivity index (χ1v) is 6.74. The van der Waals surface area contributed by atoms with Crippen LogP contribution in [0.25, 0.3) is 0 Å². The molecule has 0 spiro atoms. The van der Waals surface area contributed by atoms with Crippen LogP contribution in [0.5, 0.6) is 5.75 Å². The van der Waals surface area contributed by atoms with E-state index in [9.17, 15) is 4.79 Å². The zero-order chi connectivity index (χ0) is 14.4. The molecule has 5 heteroatoms. The van der Waals surface area contributed by atoms with E-state index in [0.29, 0.717) is 5.75 Å². The third-order valence-corrected chi connectivity index (χ3v) is 3.14. The van der Waals surface area contributed by atoms with Gasteiger partial charge in [-0.1, -0.05) is 12.1 Å². The third-order valence-electron chi connectivity index (χ3n) is 2.47. The van der Waals surface area contributed by atoms with E-state index in [1.165, 1.54) is 0 Å². The van der Waals surface area contributed by atoms with E-state index in [1.54, 1.807) is 18.3 Å². The van der Waals surface area contributed by atoms with Crippen LogP contribution in [-0.4, -0.2) is 18.7 Å². The molecule has 0 heterocycles. The van der Waals surface area contributed by atoms with Gasteiger partial charge < -0.3 is 10.5 Å². The number of carbonyl (C=O) groups is 1. The van der Waals surface area contributed by atoms with E-state index in [2.05, 4.69) is 20.9 Å². The Morgan fingerprint density at radius 1 is 1.20 bits per heavy atom. The Morgan fingerprint density at radius 3 is 2.55 bits per heavy atom. The summed E-state index contributed by atoms with van der Waals surface area (Å²) in [6, 6.07) is 15.0. The van der Waals surface area contributed by atoms with Crippen LogP contribution in [0.3, 0.4) is 0 Å². The van der Waals surface area contributed by atoms with E-state index in [0.717, 1.165) is 15.7 Å². The molecule has 4 nitrogen and oxygen atoms in total. The number of benzene rings is 2. The summed E-state index contributed by atoms with van der Waals surface area (Å²) in [4.78, 5) is 15.0. The molecule has 0 aliphatic rings. The summed E-state index contributed by atoms with van der Waals surface area (Å²) >= 11 is 3.44. The molecule has 1 amide bonds. The first-order valence-electron chi connectivity index (χ1n) is 5.95. The highest BCUT2D eigenvalue weighted by Crippen LogP contribution is 2.24. The van der Waals surface area contributed by atoms with Gasteiger partial charge in [0.15, 0.2) is 6.61 Å². The van der Waals surface area contributed by atoms with Crippen LogP contribution in [0.4, 0.5) is 5.69 Å². The quantitative estimate of drug-likeness (QED) is 0.855. The molecular formula is C15H13BrN2O2. The summed E-state index contributed by atoms with van der Waals surface area (Å²) in [5.74, 6) is 0.103. The fourth-order valence-electron chi connectivity index (χ4n) is 1.51. The topological polar surface area (TPSA) is 64.7 Å². The maximum absolute atomic E-state index is 10.6. The second kappa shape index (κ2) is 6.86. The van der Waals surface area contributed by atoms with Crippen LogP contribution < -0.4 is 10.5 Å². The first-order chi connectivity index (χ1) is 9.65. The van der Waals surface area contributed by atoms with Gasteiger partial charge in [-0.05, 0) is 57.9 Å². The number of aliphatic imine (C=N–C) groups is 1. The molecule has 0 saturated carbocycles. The highest BCUT2D eigenvalue weighted by atomic mass is 79.9. The molecule has 2 rings (SSSR count). The molecule has 0 aliphatic heterocycles. The fraction of sp³-hybridized carbons (Fsp3) is 0.0667. The van der Waals surface area contributed by atoms with Crippen molar-refractivity contribution in [1.29, 1.82) is 0 Å². The van der Waals surface area contributed by atoms with Crippen LogP contribution in [0.15, 0.2) is 58.0 Å². The molecule has 0 unspecified atom stereocenters. The van der Waals surface area contributed by atoms with Crippen LogP contribution in [0.2, 0.25) is 0 Å². The van der Waals surface area contributed by atoms with E-state index >= 15 is 0 Å². The number of nitrogens with zero attached hydrogens (tertiary/aromatic N) is 1. The molecule has 0 fully saturated rings. The van der Waals surface area contributed by atoms with Gasteiger partial charge in [0, 0.05) is 10.7 Å². The van der Waals surface area contributed by atoms with Crippen molar-refractivity contribution in [2.75, 3.05) is 6.61 Å². The van der Waals surface area contributed by atoms with E-state index in [1.807, 2.05) is 36.4 Å². The van der Waals surface area contributed by atoms with Crippen molar-refractivity contribution in [3.05, 3.63) is 58.6 Å². The van der Waals surface area contributed by atoms with Crippen molar-refractivity contribution in [3.63, 3.8) is 0 Å². The number of primary amides is 1. The second-order valence-electron chi connectivity index (χ2n) is 4.03. The van der Waals surface area contributed by atoms with Crippen molar-refractivity contribution in [1.82, 2.24) is 0 Å². The number of halogens is 1. The standard InChI is InChI=1S/C15H13BrN2O2/c16-13-3-1-2-4-14(13)18-9-11-5-7-12(8-6-11)20-10-15(17)19/h1-9H,10H2,(H2,17,19). The summed E-state index contributed by atoms with van der Waals surface area (Å²) in [6.45, 7) is -0.121. The number of para-hydroxylation sites is 1. The van der Waals surface area contributed by atoms with Crippen LogP contribution in [-0.2, 0) is 4.79 Å². The van der Waals surface area contributed by atoms with Gasteiger partial charge >= 0.3 is 0 Å². The average molecular weight is 333 g/mol. The average Bonchev–Trinajstić information content (AvgIpc) is 2.45. The van der Waals surface area contributed by atoms with E-state index in [-0.39, 0.29) is 6.61 Å². The monoisotopic (exact) mass is 332 g/mol. The minimum Gasteiger partial charge on any atom is -0.484 e. The molecule has 0 radical (unpaired) electrons. The highest BCUT2D eigenvalue weighted by Gasteiger charge is 1.98. The largest absolute Gasteiger partial charge is 0.484 e. The van der Waals surface area contributed by atoms with Crippen molar-refractivity contribution < 1.29 is 9.53 Å². The Bertz CT molecular complexity index is 624. The van der Waals surface area contributed by atoms with Gasteiger partial charge in [-0.2, -0.15) is 0 Å². The number of ether oxygens (including phenoxy) is 1. The molecule has 2 aromatic carbocycles. The normalized spacial score (nSPS) is 10.7. The molecule has 2 aromatic rings. The lowest BCUT2D eigenvalue weighted by Gasteiger charge is -2.03. The lowest BCUT2D eigenvalue weighted by Crippen LogP contribution is -2.19. The minimum atomic E-state index is -0.496. The van der Waals surface area contributed by atoms with E-state index in [4.69, 9.17) is 10.5 Å². The zero-order valence-electron chi connectivity index (χ0n) is 10.6. The molecule has 0 bridgehead atoms. The molecule has 20 heavy (non-hydrogen) atoms. The lowest BCUT2D eigenvalue weighted by molar-refractivity contribution is -0.119. The Balaban J connectivity index is 2.04. The van der Waals surface area contributed by atoms with Gasteiger partial charge in [0.1, 0.15) is 5.75 Å². The van der Waals surface area contributed by atoms with Gasteiger partial charge in [-0.25, -0.2) is 0 Å². The van der Waals surface area contributed by atoms with Gasteiger partial charge in [0.2, 0.25) is 0 Å². The number of carbonyl (C=O) groups excluding carboxylic acids is 1. The maximum atomic E-state index is 10.6. The Labute approximate surface area is 125 Å². The summed E-state index contributed by atoms with van der Waals surface area (Å²) in [7, 11) is 0. The predicted octanol–water partition coefficient (Wildman–Crippen LogP) is 3.06. The van der Waals surface area contributed by atoms with Crippen LogP contribution in [0, 0.1) is 0 Å². The maximum Gasteiger partial charge on any atom is 0.255 e. The first kappa shape index (κ1) is 14.3. The molecule has 2 N–H and O–H groups in total. The van der Waals surface area contributed by atoms with Crippen LogP contribution >= 0.6 is 15.9 Å². The molecule has 0 aromatic heterocycles. The molecule has 0 atom stereocenters. The van der Waals surface area contributed by atoms with Gasteiger partial charge in [-0.3, -0.25) is 9.79 Å². The third kappa shape index (κ3) is 4.20. The SMILES string of the molecule is NC(=O)COc1ccc(C=Nc2ccccc2Br)cc1.